The van der Waals surface area contributed by atoms with Gasteiger partial charge in [-0.25, -0.2) is 14.2 Å². The van der Waals surface area contributed by atoms with Crippen LogP contribution in [0.25, 0.3) is 0 Å². The normalized spacial score (nSPS) is 9.89. The second-order valence-corrected chi connectivity index (χ2v) is 4.47. The third kappa shape index (κ3) is 3.05. The molecule has 1 aromatic carbocycles. The van der Waals surface area contributed by atoms with Crippen LogP contribution in [0, 0.1) is 17.1 Å². The van der Waals surface area contributed by atoms with Crippen molar-refractivity contribution in [2.45, 2.75) is 6.54 Å². The fourth-order valence-electron chi connectivity index (χ4n) is 1.40. The zero-order valence-electron chi connectivity index (χ0n) is 9.55. The lowest BCUT2D eigenvalue weighted by Gasteiger charge is -2.05. The second-order valence-electron chi connectivity index (χ2n) is 3.61. The summed E-state index contributed by atoms with van der Waals surface area (Å²) in [6.45, 7) is 0.215. The summed E-state index contributed by atoms with van der Waals surface area (Å²) in [6, 6.07) is 5.92. The molecule has 2 aromatic rings. The van der Waals surface area contributed by atoms with Crippen molar-refractivity contribution < 1.29 is 14.3 Å². The summed E-state index contributed by atoms with van der Waals surface area (Å²) >= 11 is 1.02. The number of aromatic carboxylic acids is 1. The van der Waals surface area contributed by atoms with E-state index in [1.54, 1.807) is 5.38 Å². The van der Waals surface area contributed by atoms with E-state index in [1.165, 1.54) is 12.1 Å². The van der Waals surface area contributed by atoms with E-state index in [1.807, 2.05) is 6.07 Å². The van der Waals surface area contributed by atoms with Crippen molar-refractivity contribution in [1.82, 2.24) is 4.98 Å². The number of hydrogen-bond acceptors (Lipinski definition) is 5. The van der Waals surface area contributed by atoms with Crippen molar-refractivity contribution in [2.24, 2.45) is 0 Å². The number of hydrogen-bond donors (Lipinski definition) is 2. The van der Waals surface area contributed by atoms with Gasteiger partial charge in [0.1, 0.15) is 5.82 Å². The van der Waals surface area contributed by atoms with Crippen molar-refractivity contribution in [1.29, 1.82) is 5.26 Å². The third-order valence-electron chi connectivity index (χ3n) is 2.29. The van der Waals surface area contributed by atoms with Gasteiger partial charge < -0.3 is 10.4 Å². The molecule has 19 heavy (non-hydrogen) atoms. The fraction of sp³-hybridized carbons (Fsp3) is 0.0833. The number of nitrogens with one attached hydrogen (secondary N) is 1. The highest BCUT2D eigenvalue weighted by atomic mass is 32.1. The number of halogens is 1. The summed E-state index contributed by atoms with van der Waals surface area (Å²) in [6.07, 6.45) is 0. The maximum Gasteiger partial charge on any atom is 0.365 e. The van der Waals surface area contributed by atoms with Gasteiger partial charge >= 0.3 is 5.97 Å². The lowest BCUT2D eigenvalue weighted by atomic mass is 10.2. The maximum atomic E-state index is 13.5. The minimum absolute atomic E-state index is 0.00268. The SMILES string of the molecule is N#Cc1ccc(NCc2csc(C(=O)O)n2)c(F)c1. The van der Waals surface area contributed by atoms with Gasteiger partial charge in [0, 0.05) is 5.38 Å². The molecule has 1 aromatic heterocycles. The average Bonchev–Trinajstić information content (AvgIpc) is 2.86. The average molecular weight is 277 g/mol. The van der Waals surface area contributed by atoms with Gasteiger partial charge in [-0.15, -0.1) is 11.3 Å². The number of nitrogens with zero attached hydrogens (tertiary/aromatic N) is 2. The summed E-state index contributed by atoms with van der Waals surface area (Å²) in [5, 5.41) is 21.7. The Labute approximate surface area is 112 Å². The smallest absolute Gasteiger partial charge is 0.365 e. The van der Waals surface area contributed by atoms with Crippen LogP contribution in [0.4, 0.5) is 10.1 Å². The molecule has 0 aliphatic rings. The van der Waals surface area contributed by atoms with Crippen LogP contribution in [-0.2, 0) is 6.54 Å². The Bertz CT molecular complexity index is 663. The number of rotatable bonds is 4. The lowest BCUT2D eigenvalue weighted by Crippen LogP contribution is -2.03. The van der Waals surface area contributed by atoms with Gasteiger partial charge in [0.05, 0.1) is 29.6 Å². The molecule has 0 radical (unpaired) electrons. The van der Waals surface area contributed by atoms with Gasteiger partial charge in [0.15, 0.2) is 0 Å². The van der Waals surface area contributed by atoms with Crippen molar-refractivity contribution in [3.05, 3.63) is 45.7 Å². The molecule has 5 nitrogen and oxygen atoms in total. The molecule has 0 aliphatic carbocycles. The molecule has 7 heteroatoms. The number of thiazole rings is 1. The Kier molecular flexibility index (Phi) is 3.73. The third-order valence-corrected chi connectivity index (χ3v) is 3.17. The lowest BCUT2D eigenvalue weighted by molar-refractivity contribution is 0.0696. The van der Waals surface area contributed by atoms with Crippen LogP contribution in [0.1, 0.15) is 21.1 Å². The first kappa shape index (κ1) is 13.0. The molecule has 0 amide bonds. The summed E-state index contributed by atoms with van der Waals surface area (Å²) in [4.78, 5) is 14.5. The van der Waals surface area contributed by atoms with Gasteiger partial charge in [-0.05, 0) is 18.2 Å². The summed E-state index contributed by atoms with van der Waals surface area (Å²) in [5.41, 5.74) is 1.000. The zero-order chi connectivity index (χ0) is 13.8. The molecule has 96 valence electrons. The first-order valence-corrected chi connectivity index (χ1v) is 6.09. The molecule has 0 saturated carbocycles. The first-order valence-electron chi connectivity index (χ1n) is 5.21. The van der Waals surface area contributed by atoms with Crippen molar-refractivity contribution >= 4 is 23.0 Å². The van der Waals surface area contributed by atoms with Gasteiger partial charge in [-0.1, -0.05) is 0 Å². The van der Waals surface area contributed by atoms with Gasteiger partial charge in [-0.3, -0.25) is 0 Å². The molecule has 0 aliphatic heterocycles. The fourth-order valence-corrected chi connectivity index (χ4v) is 2.05. The molecule has 0 fully saturated rings. The summed E-state index contributed by atoms with van der Waals surface area (Å²) in [5.74, 6) is -1.62. The Hall–Kier alpha value is -2.46. The Morgan fingerprint density at radius 2 is 2.37 bits per heavy atom. The first-order chi connectivity index (χ1) is 9.10. The summed E-state index contributed by atoms with van der Waals surface area (Å²) in [7, 11) is 0. The van der Waals surface area contributed by atoms with Gasteiger partial charge in [-0.2, -0.15) is 5.26 Å². The van der Waals surface area contributed by atoms with Crippen LogP contribution in [0.2, 0.25) is 0 Å². The standard InChI is InChI=1S/C12H8FN3O2S/c13-9-3-7(4-14)1-2-10(9)15-5-8-6-19-11(16-8)12(17)18/h1-3,6,15H,5H2,(H,17,18). The molecule has 0 unspecified atom stereocenters. The molecular weight excluding hydrogens is 269 g/mol. The molecular formula is C12H8FN3O2S. The quantitative estimate of drug-likeness (QED) is 0.896. The van der Waals surface area contributed by atoms with Crippen LogP contribution in [0.15, 0.2) is 23.6 Å². The van der Waals surface area contributed by atoms with Crippen LogP contribution in [0.5, 0.6) is 0 Å². The van der Waals surface area contributed by atoms with E-state index < -0.39 is 11.8 Å². The second kappa shape index (κ2) is 5.46. The predicted octanol–water partition coefficient (Wildman–Crippen LogP) is 2.46. The largest absolute Gasteiger partial charge is 0.476 e. The van der Waals surface area contributed by atoms with Gasteiger partial charge in [0.25, 0.3) is 0 Å². The molecule has 0 bridgehead atoms. The number of benzene rings is 1. The van der Waals surface area contributed by atoms with E-state index in [0.29, 0.717) is 5.69 Å². The molecule has 2 rings (SSSR count). The Morgan fingerprint density at radius 1 is 1.58 bits per heavy atom. The van der Waals surface area contributed by atoms with E-state index in [0.717, 1.165) is 17.4 Å². The molecule has 1 heterocycles. The number of anilines is 1. The highest BCUT2D eigenvalue weighted by Gasteiger charge is 2.09. The van der Waals surface area contributed by atoms with Crippen LogP contribution >= 0.6 is 11.3 Å². The van der Waals surface area contributed by atoms with Gasteiger partial charge in [0.2, 0.25) is 5.01 Å². The number of aromatic nitrogens is 1. The van der Waals surface area contributed by atoms with Crippen molar-refractivity contribution in [3.8, 4) is 6.07 Å². The molecule has 0 spiro atoms. The van der Waals surface area contributed by atoms with E-state index >= 15 is 0 Å². The topological polar surface area (TPSA) is 86.0 Å². The molecule has 2 N–H and O–H groups in total. The zero-order valence-corrected chi connectivity index (χ0v) is 10.4. The highest BCUT2D eigenvalue weighted by molar-refractivity contribution is 7.11. The minimum Gasteiger partial charge on any atom is -0.476 e. The molecule has 0 saturated heterocycles. The Morgan fingerprint density at radius 3 is 2.95 bits per heavy atom. The monoisotopic (exact) mass is 277 g/mol. The summed E-state index contributed by atoms with van der Waals surface area (Å²) < 4.78 is 13.5. The van der Waals surface area contributed by atoms with Crippen LogP contribution in [0.3, 0.4) is 0 Å². The predicted molar refractivity (Wildman–Crippen MR) is 67.5 cm³/mol. The number of carbonyl (C=O) groups is 1. The number of nitriles is 1. The molecule has 0 atom stereocenters. The van der Waals surface area contributed by atoms with E-state index in [-0.39, 0.29) is 22.8 Å². The van der Waals surface area contributed by atoms with Crippen molar-refractivity contribution in [3.63, 3.8) is 0 Å². The van der Waals surface area contributed by atoms with E-state index in [2.05, 4.69) is 10.3 Å². The minimum atomic E-state index is -1.08. The number of carboxylic acid groups (broad SMARTS) is 1. The van der Waals surface area contributed by atoms with E-state index in [9.17, 15) is 9.18 Å². The Balaban J connectivity index is 2.06. The van der Waals surface area contributed by atoms with Crippen LogP contribution in [-0.4, -0.2) is 16.1 Å². The highest BCUT2D eigenvalue weighted by Crippen LogP contribution is 2.17. The maximum absolute atomic E-state index is 13.5. The van der Waals surface area contributed by atoms with Crippen molar-refractivity contribution in [2.75, 3.05) is 5.32 Å². The van der Waals surface area contributed by atoms with E-state index in [4.69, 9.17) is 10.4 Å². The van der Waals surface area contributed by atoms with Crippen LogP contribution < -0.4 is 5.32 Å². The number of carboxylic acids is 1.